The van der Waals surface area contributed by atoms with Crippen LogP contribution < -0.4 is 0 Å². The van der Waals surface area contributed by atoms with Crippen LogP contribution in [-0.2, 0) is 14.3 Å². The molecule has 0 aliphatic heterocycles. The molecule has 1 fully saturated rings. The van der Waals surface area contributed by atoms with Gasteiger partial charge in [0.05, 0.1) is 11.8 Å². The molecule has 3 atom stereocenters. The third-order valence-corrected chi connectivity index (χ3v) is 7.28. The zero-order chi connectivity index (χ0) is 24.3. The van der Waals surface area contributed by atoms with E-state index in [1.54, 1.807) is 0 Å². The maximum atomic E-state index is 12.8. The van der Waals surface area contributed by atoms with Crippen molar-refractivity contribution < 1.29 is 19.4 Å². The molecule has 3 unspecified atom stereocenters. The SMILES string of the molecule is CCCCCCCCCCCCCCCCC(CC(C)C)OC(=O)C1CCCCC1C(=O)O. The molecule has 0 saturated heterocycles. The second kappa shape index (κ2) is 19.3. The van der Waals surface area contributed by atoms with Crippen molar-refractivity contribution in [2.75, 3.05) is 0 Å². The Bertz CT molecular complexity index is 502. The smallest absolute Gasteiger partial charge is 0.310 e. The molecule has 1 N–H and O–H groups in total. The summed E-state index contributed by atoms with van der Waals surface area (Å²) in [5, 5.41) is 9.47. The Labute approximate surface area is 204 Å². The number of aliphatic carboxylic acids is 1. The highest BCUT2D eigenvalue weighted by Crippen LogP contribution is 2.32. The highest BCUT2D eigenvalue weighted by atomic mass is 16.5. The van der Waals surface area contributed by atoms with E-state index in [2.05, 4.69) is 20.8 Å². The van der Waals surface area contributed by atoms with Gasteiger partial charge in [-0.25, -0.2) is 0 Å². The summed E-state index contributed by atoms with van der Waals surface area (Å²) in [4.78, 5) is 24.3. The summed E-state index contributed by atoms with van der Waals surface area (Å²) < 4.78 is 5.89. The fourth-order valence-electron chi connectivity index (χ4n) is 5.28. The number of hydrogen-bond donors (Lipinski definition) is 1. The second-order valence-corrected chi connectivity index (χ2v) is 10.9. The summed E-state index contributed by atoms with van der Waals surface area (Å²) in [6, 6.07) is 0. The number of carboxylic acid groups (broad SMARTS) is 1. The van der Waals surface area contributed by atoms with Crippen LogP contribution in [0.3, 0.4) is 0 Å². The van der Waals surface area contributed by atoms with Crippen molar-refractivity contribution in [2.24, 2.45) is 17.8 Å². The van der Waals surface area contributed by atoms with E-state index in [4.69, 9.17) is 4.74 Å². The normalized spacial score (nSPS) is 19.5. The van der Waals surface area contributed by atoms with Crippen LogP contribution >= 0.6 is 0 Å². The lowest BCUT2D eigenvalue weighted by molar-refractivity contribution is -0.164. The lowest BCUT2D eigenvalue weighted by Crippen LogP contribution is -2.35. The first-order chi connectivity index (χ1) is 16.0. The summed E-state index contributed by atoms with van der Waals surface area (Å²) in [7, 11) is 0. The highest BCUT2D eigenvalue weighted by molar-refractivity contribution is 5.81. The molecule has 0 bridgehead atoms. The minimum Gasteiger partial charge on any atom is -0.481 e. The molecule has 1 aliphatic rings. The van der Waals surface area contributed by atoms with E-state index in [0.717, 1.165) is 32.1 Å². The Morgan fingerprint density at radius 3 is 1.67 bits per heavy atom. The first-order valence-electron chi connectivity index (χ1n) is 14.4. The van der Waals surface area contributed by atoms with Gasteiger partial charge in [0.15, 0.2) is 0 Å². The second-order valence-electron chi connectivity index (χ2n) is 10.9. The monoisotopic (exact) mass is 466 g/mol. The van der Waals surface area contributed by atoms with E-state index in [9.17, 15) is 14.7 Å². The van der Waals surface area contributed by atoms with Crippen LogP contribution in [0.25, 0.3) is 0 Å². The molecule has 4 heteroatoms. The maximum Gasteiger partial charge on any atom is 0.310 e. The number of unbranched alkanes of at least 4 members (excludes halogenated alkanes) is 13. The standard InChI is InChI=1S/C29H54O4/c1-4-5-6-7-8-9-10-11-12-13-14-15-16-17-20-25(23-24(2)3)33-29(32)27-22-19-18-21-26(27)28(30)31/h24-27H,4-23H2,1-3H3,(H,30,31). The van der Waals surface area contributed by atoms with E-state index < -0.39 is 17.8 Å². The quantitative estimate of drug-likeness (QED) is 0.144. The molecule has 194 valence electrons. The van der Waals surface area contributed by atoms with Crippen molar-refractivity contribution in [3.05, 3.63) is 0 Å². The summed E-state index contributed by atoms with van der Waals surface area (Å²) in [5.41, 5.74) is 0. The lowest BCUT2D eigenvalue weighted by atomic mass is 9.79. The predicted molar refractivity (Wildman–Crippen MR) is 137 cm³/mol. The van der Waals surface area contributed by atoms with E-state index in [0.29, 0.717) is 18.8 Å². The van der Waals surface area contributed by atoms with E-state index >= 15 is 0 Å². The van der Waals surface area contributed by atoms with Crippen molar-refractivity contribution in [3.8, 4) is 0 Å². The number of rotatable bonds is 20. The van der Waals surface area contributed by atoms with Crippen molar-refractivity contribution in [3.63, 3.8) is 0 Å². The van der Waals surface area contributed by atoms with E-state index in [-0.39, 0.29) is 12.1 Å². The molecule has 0 heterocycles. The first-order valence-corrected chi connectivity index (χ1v) is 14.4. The van der Waals surface area contributed by atoms with Crippen LogP contribution in [0.4, 0.5) is 0 Å². The average Bonchev–Trinajstić information content (AvgIpc) is 2.78. The Morgan fingerprint density at radius 2 is 1.21 bits per heavy atom. The van der Waals surface area contributed by atoms with Crippen LogP contribution in [0.1, 0.15) is 149 Å². The van der Waals surface area contributed by atoms with Crippen molar-refractivity contribution in [1.29, 1.82) is 0 Å². The van der Waals surface area contributed by atoms with Gasteiger partial charge in [-0.15, -0.1) is 0 Å². The van der Waals surface area contributed by atoms with Gasteiger partial charge in [-0.2, -0.15) is 0 Å². The van der Waals surface area contributed by atoms with Gasteiger partial charge in [0, 0.05) is 0 Å². The average molecular weight is 467 g/mol. The van der Waals surface area contributed by atoms with Crippen molar-refractivity contribution >= 4 is 11.9 Å². The minimum atomic E-state index is -0.843. The van der Waals surface area contributed by atoms with Gasteiger partial charge in [-0.05, 0) is 38.0 Å². The zero-order valence-electron chi connectivity index (χ0n) is 22.1. The molecule has 0 aromatic carbocycles. The summed E-state index contributed by atoms with van der Waals surface area (Å²) in [6.45, 7) is 6.59. The molecule has 0 radical (unpaired) electrons. The number of hydrogen-bond acceptors (Lipinski definition) is 3. The molecule has 0 spiro atoms. The number of carboxylic acids is 1. The van der Waals surface area contributed by atoms with Crippen LogP contribution in [0.5, 0.6) is 0 Å². The molecule has 0 aromatic rings. The van der Waals surface area contributed by atoms with Crippen molar-refractivity contribution in [2.45, 2.75) is 155 Å². The van der Waals surface area contributed by atoms with Crippen LogP contribution in [0, 0.1) is 17.8 Å². The Kier molecular flexibility index (Phi) is 17.5. The summed E-state index contributed by atoms with van der Waals surface area (Å²) in [5.74, 6) is -1.66. The zero-order valence-corrected chi connectivity index (χ0v) is 22.1. The number of ether oxygens (including phenoxy) is 1. The van der Waals surface area contributed by atoms with Gasteiger partial charge in [-0.3, -0.25) is 9.59 Å². The minimum absolute atomic E-state index is 0.0637. The van der Waals surface area contributed by atoms with E-state index in [1.165, 1.54) is 83.5 Å². The summed E-state index contributed by atoms with van der Waals surface area (Å²) in [6.07, 6.45) is 23.6. The molecule has 4 nitrogen and oxygen atoms in total. The Balaban J connectivity index is 2.15. The van der Waals surface area contributed by atoms with Crippen molar-refractivity contribution in [1.82, 2.24) is 0 Å². The molecule has 1 saturated carbocycles. The topological polar surface area (TPSA) is 63.6 Å². The van der Waals surface area contributed by atoms with Crippen LogP contribution in [0.2, 0.25) is 0 Å². The number of esters is 1. The fraction of sp³-hybridized carbons (Fsp3) is 0.931. The third-order valence-electron chi connectivity index (χ3n) is 7.28. The molecule has 33 heavy (non-hydrogen) atoms. The molecule has 1 aliphatic carbocycles. The number of carbonyl (C=O) groups is 2. The molecule has 0 amide bonds. The molecular formula is C29H54O4. The Morgan fingerprint density at radius 1 is 0.758 bits per heavy atom. The van der Waals surface area contributed by atoms with Gasteiger partial charge in [0.25, 0.3) is 0 Å². The maximum absolute atomic E-state index is 12.8. The fourth-order valence-corrected chi connectivity index (χ4v) is 5.28. The molecule has 1 rings (SSSR count). The van der Waals surface area contributed by atoms with Gasteiger partial charge in [0.2, 0.25) is 0 Å². The van der Waals surface area contributed by atoms with Gasteiger partial charge >= 0.3 is 11.9 Å². The van der Waals surface area contributed by atoms with Crippen LogP contribution in [0.15, 0.2) is 0 Å². The Hall–Kier alpha value is -1.06. The highest BCUT2D eigenvalue weighted by Gasteiger charge is 2.37. The predicted octanol–water partition coefficient (Wildman–Crippen LogP) is 8.71. The lowest BCUT2D eigenvalue weighted by Gasteiger charge is -2.29. The number of carbonyl (C=O) groups excluding carboxylic acids is 1. The largest absolute Gasteiger partial charge is 0.481 e. The third kappa shape index (κ3) is 14.7. The van der Waals surface area contributed by atoms with Gasteiger partial charge in [0.1, 0.15) is 6.10 Å². The first kappa shape index (κ1) is 30.0. The summed E-state index contributed by atoms with van der Waals surface area (Å²) >= 11 is 0. The van der Waals surface area contributed by atoms with Crippen LogP contribution in [-0.4, -0.2) is 23.1 Å². The van der Waals surface area contributed by atoms with E-state index in [1.807, 2.05) is 0 Å². The van der Waals surface area contributed by atoms with Gasteiger partial charge < -0.3 is 9.84 Å². The molecular weight excluding hydrogens is 412 g/mol. The molecule has 0 aromatic heterocycles. The van der Waals surface area contributed by atoms with Gasteiger partial charge in [-0.1, -0.05) is 117 Å².